The van der Waals surface area contributed by atoms with E-state index in [9.17, 15) is 29.1 Å². The number of para-hydroxylation sites is 1. The minimum absolute atomic E-state index is 0.0122. The lowest BCUT2D eigenvalue weighted by molar-refractivity contribution is -0.123. The Balaban J connectivity index is 1.54. The molecule has 48 heavy (non-hydrogen) atoms. The number of allylic oxidation sites excluding steroid dienone is 1. The van der Waals surface area contributed by atoms with Gasteiger partial charge in [0, 0.05) is 20.3 Å². The van der Waals surface area contributed by atoms with Gasteiger partial charge in [-0.3, -0.25) is 14.4 Å². The molecule has 1 unspecified atom stereocenters. The number of imidazole rings is 1. The fraction of sp³-hybridized carbons (Fsp3) is 0.314. The molecule has 2 aromatic heterocycles. The highest BCUT2D eigenvalue weighted by Crippen LogP contribution is 2.23. The SMILES string of the molecule is CC(C)Cc1cccc2c1nc(Cn1cccc(NC(=O)C(CC/C=C/C(=O)N(C)C)NC(=O)OCc3ccccc3)c1=O)n2C(=O)O. The monoisotopic (exact) mass is 656 g/mol. The van der Waals surface area contributed by atoms with Crippen LogP contribution in [-0.4, -0.2) is 68.3 Å². The Bertz CT molecular complexity index is 1860. The quantitative estimate of drug-likeness (QED) is 0.175. The van der Waals surface area contributed by atoms with Gasteiger partial charge in [0.1, 0.15) is 24.2 Å². The first kappa shape index (κ1) is 35.1. The minimum atomic E-state index is -1.24. The molecule has 0 fully saturated rings. The first-order chi connectivity index (χ1) is 22.9. The lowest BCUT2D eigenvalue weighted by Crippen LogP contribution is -2.44. The Morgan fingerprint density at radius 1 is 1.02 bits per heavy atom. The summed E-state index contributed by atoms with van der Waals surface area (Å²) in [6.07, 6.45) is 3.44. The number of anilines is 1. The van der Waals surface area contributed by atoms with Crippen LogP contribution in [0.25, 0.3) is 11.0 Å². The minimum Gasteiger partial charge on any atom is -0.464 e. The van der Waals surface area contributed by atoms with Crippen LogP contribution in [0, 0.1) is 5.92 Å². The third-order valence-electron chi connectivity index (χ3n) is 7.39. The number of hydrogen-bond acceptors (Lipinski definition) is 7. The van der Waals surface area contributed by atoms with Crippen LogP contribution < -0.4 is 16.2 Å². The highest BCUT2D eigenvalue weighted by Gasteiger charge is 2.23. The summed E-state index contributed by atoms with van der Waals surface area (Å²) in [4.78, 5) is 69.9. The van der Waals surface area contributed by atoms with E-state index in [1.54, 1.807) is 50.5 Å². The zero-order chi connectivity index (χ0) is 34.8. The number of carbonyl (C=O) groups is 4. The van der Waals surface area contributed by atoms with Crippen molar-refractivity contribution in [1.82, 2.24) is 24.3 Å². The van der Waals surface area contributed by atoms with Gasteiger partial charge in [0.15, 0.2) is 0 Å². The number of carboxylic acid groups (broad SMARTS) is 1. The van der Waals surface area contributed by atoms with Crippen LogP contribution in [0.15, 0.2) is 83.8 Å². The molecule has 0 spiro atoms. The number of aromatic nitrogens is 3. The van der Waals surface area contributed by atoms with E-state index in [0.717, 1.165) is 15.7 Å². The van der Waals surface area contributed by atoms with E-state index < -0.39 is 29.7 Å². The maximum Gasteiger partial charge on any atom is 0.417 e. The number of ether oxygens (including phenoxy) is 1. The summed E-state index contributed by atoms with van der Waals surface area (Å²) in [5.74, 6) is -0.454. The Kier molecular flexibility index (Phi) is 11.9. The molecule has 3 N–H and O–H groups in total. The molecule has 252 valence electrons. The van der Waals surface area contributed by atoms with E-state index >= 15 is 0 Å². The molecule has 4 rings (SSSR count). The molecule has 3 amide bonds. The predicted molar refractivity (Wildman–Crippen MR) is 181 cm³/mol. The summed E-state index contributed by atoms with van der Waals surface area (Å²) in [5.41, 5.74) is 1.95. The summed E-state index contributed by atoms with van der Waals surface area (Å²) in [6, 6.07) is 16.2. The van der Waals surface area contributed by atoms with Crippen LogP contribution in [0.4, 0.5) is 15.3 Å². The number of fused-ring (bicyclic) bond motifs is 1. The second-order valence-corrected chi connectivity index (χ2v) is 11.8. The molecule has 2 aromatic carbocycles. The summed E-state index contributed by atoms with van der Waals surface area (Å²) in [7, 11) is 3.22. The molecule has 0 bridgehead atoms. The molecule has 0 aliphatic heterocycles. The van der Waals surface area contributed by atoms with Gasteiger partial charge >= 0.3 is 12.2 Å². The molecule has 13 heteroatoms. The average molecular weight is 657 g/mol. The van der Waals surface area contributed by atoms with Crippen LogP contribution in [-0.2, 0) is 33.9 Å². The number of amides is 3. The molecule has 4 aromatic rings. The zero-order valence-corrected chi connectivity index (χ0v) is 27.4. The third kappa shape index (κ3) is 9.18. The average Bonchev–Trinajstić information content (AvgIpc) is 3.42. The molecule has 0 saturated carbocycles. The normalized spacial score (nSPS) is 11.9. The van der Waals surface area contributed by atoms with E-state index in [0.29, 0.717) is 23.4 Å². The van der Waals surface area contributed by atoms with Gasteiger partial charge in [0.2, 0.25) is 11.8 Å². The van der Waals surface area contributed by atoms with Gasteiger partial charge in [0.05, 0.1) is 17.6 Å². The summed E-state index contributed by atoms with van der Waals surface area (Å²) >= 11 is 0. The van der Waals surface area contributed by atoms with Crippen molar-refractivity contribution in [3.05, 3.63) is 106 Å². The van der Waals surface area contributed by atoms with Crippen LogP contribution in [0.5, 0.6) is 0 Å². The molecule has 2 heterocycles. The molecule has 13 nitrogen and oxygen atoms in total. The Morgan fingerprint density at radius 3 is 2.46 bits per heavy atom. The number of nitrogens with one attached hydrogen (secondary N) is 2. The fourth-order valence-electron chi connectivity index (χ4n) is 5.03. The van der Waals surface area contributed by atoms with Crippen LogP contribution in [0.1, 0.15) is 43.6 Å². The zero-order valence-electron chi connectivity index (χ0n) is 27.4. The highest BCUT2D eigenvalue weighted by molar-refractivity contribution is 5.96. The van der Waals surface area contributed by atoms with Crippen molar-refractivity contribution >= 4 is 40.7 Å². The Hall–Kier alpha value is -5.72. The van der Waals surface area contributed by atoms with Gasteiger partial charge in [-0.2, -0.15) is 0 Å². The Morgan fingerprint density at radius 2 is 1.77 bits per heavy atom. The van der Waals surface area contributed by atoms with E-state index in [1.165, 1.54) is 27.8 Å². The van der Waals surface area contributed by atoms with Crippen molar-refractivity contribution in [3.8, 4) is 0 Å². The molecule has 1 atom stereocenters. The first-order valence-electron chi connectivity index (χ1n) is 15.5. The van der Waals surface area contributed by atoms with Gasteiger partial charge in [0.25, 0.3) is 5.56 Å². The van der Waals surface area contributed by atoms with Crippen LogP contribution in [0.3, 0.4) is 0 Å². The number of likely N-dealkylation sites (N-methyl/N-ethyl adjacent to an activating group) is 1. The van der Waals surface area contributed by atoms with E-state index in [4.69, 9.17) is 4.74 Å². The van der Waals surface area contributed by atoms with Crippen LogP contribution >= 0.6 is 0 Å². The smallest absolute Gasteiger partial charge is 0.417 e. The number of nitrogens with zero attached hydrogens (tertiary/aromatic N) is 4. The predicted octanol–water partition coefficient (Wildman–Crippen LogP) is 4.63. The largest absolute Gasteiger partial charge is 0.464 e. The lowest BCUT2D eigenvalue weighted by atomic mass is 10.0. The number of benzene rings is 2. The summed E-state index contributed by atoms with van der Waals surface area (Å²) < 4.78 is 7.61. The van der Waals surface area contributed by atoms with Crippen molar-refractivity contribution < 1.29 is 29.0 Å². The van der Waals surface area contributed by atoms with Crippen molar-refractivity contribution in [1.29, 1.82) is 0 Å². The summed E-state index contributed by atoms with van der Waals surface area (Å²) in [5, 5.41) is 15.2. The number of hydrogen-bond donors (Lipinski definition) is 3. The van der Waals surface area contributed by atoms with Gasteiger partial charge in [-0.1, -0.05) is 62.4 Å². The van der Waals surface area contributed by atoms with Crippen molar-refractivity contribution in [2.45, 2.75) is 52.3 Å². The van der Waals surface area contributed by atoms with Gasteiger partial charge in [-0.25, -0.2) is 19.1 Å². The molecule has 0 saturated heterocycles. The van der Waals surface area contributed by atoms with Crippen molar-refractivity contribution in [3.63, 3.8) is 0 Å². The number of rotatable bonds is 13. The number of alkyl carbamates (subject to hydrolysis) is 1. The number of pyridine rings is 1. The maximum absolute atomic E-state index is 13.5. The standard InChI is InChI=1S/C35H40N6O7/c1-23(2)20-25-14-10-17-28-31(25)38-29(41(28)35(46)47)21-40-19-11-16-27(33(40)44)36-32(43)26(15-8-9-18-30(42)39(3)4)37-34(45)48-22-24-12-6-5-7-13-24/h5-7,9-14,16-19,23,26H,8,15,20-22H2,1-4H3,(H,36,43)(H,37,45)(H,46,47)/b18-9+. The van der Waals surface area contributed by atoms with E-state index in [1.807, 2.05) is 24.3 Å². The highest BCUT2D eigenvalue weighted by atomic mass is 16.5. The topological polar surface area (TPSA) is 165 Å². The van der Waals surface area contributed by atoms with E-state index in [2.05, 4.69) is 29.5 Å². The molecule has 0 aliphatic carbocycles. The molecular formula is C35H40N6O7. The van der Waals surface area contributed by atoms with Gasteiger partial charge < -0.3 is 29.9 Å². The Labute approximate surface area is 277 Å². The van der Waals surface area contributed by atoms with Crippen LogP contribution in [0.2, 0.25) is 0 Å². The van der Waals surface area contributed by atoms with Crippen molar-refractivity contribution in [2.75, 3.05) is 19.4 Å². The third-order valence-corrected chi connectivity index (χ3v) is 7.39. The molecule has 0 radical (unpaired) electrons. The van der Waals surface area contributed by atoms with Crippen molar-refractivity contribution in [2.24, 2.45) is 5.92 Å². The second kappa shape index (κ2) is 16.2. The lowest BCUT2D eigenvalue weighted by Gasteiger charge is -2.18. The fourth-order valence-corrected chi connectivity index (χ4v) is 5.03. The summed E-state index contributed by atoms with van der Waals surface area (Å²) in [6.45, 7) is 3.93. The number of carbonyl (C=O) groups excluding carboxylic acids is 3. The van der Waals surface area contributed by atoms with Gasteiger partial charge in [-0.15, -0.1) is 0 Å². The maximum atomic E-state index is 13.5. The first-order valence-corrected chi connectivity index (χ1v) is 15.5. The molecule has 0 aliphatic rings. The molecular weight excluding hydrogens is 616 g/mol. The van der Waals surface area contributed by atoms with E-state index in [-0.39, 0.29) is 43.4 Å². The van der Waals surface area contributed by atoms with Gasteiger partial charge in [-0.05, 0) is 60.6 Å². The second-order valence-electron chi connectivity index (χ2n) is 11.8.